The number of aromatic amines is 1. The number of hydrogen-bond acceptors (Lipinski definition) is 5. The van der Waals surface area contributed by atoms with Gasteiger partial charge in [0.05, 0.1) is 12.2 Å². The maximum absolute atomic E-state index is 13.4. The quantitative estimate of drug-likeness (QED) is 0.859. The molecule has 0 saturated carbocycles. The Morgan fingerprint density at radius 3 is 2.74 bits per heavy atom. The maximum Gasteiger partial charge on any atom is 0.267 e. The van der Waals surface area contributed by atoms with Crippen LogP contribution in [0.3, 0.4) is 0 Å². The highest BCUT2D eigenvalue weighted by molar-refractivity contribution is 5.96. The van der Waals surface area contributed by atoms with E-state index in [-0.39, 0.29) is 25.6 Å². The molecule has 0 atom stereocenters. The molecule has 4 rings (SSSR count). The van der Waals surface area contributed by atoms with Crippen LogP contribution in [0.1, 0.15) is 16.8 Å². The van der Waals surface area contributed by atoms with E-state index >= 15 is 0 Å². The number of alkyl halides is 2. The van der Waals surface area contributed by atoms with E-state index < -0.39 is 18.4 Å². The van der Waals surface area contributed by atoms with Gasteiger partial charge in [0.15, 0.2) is 6.73 Å². The van der Waals surface area contributed by atoms with E-state index in [1.807, 2.05) is 19.0 Å². The largest absolute Gasteiger partial charge is 0.493 e. The summed E-state index contributed by atoms with van der Waals surface area (Å²) in [5.74, 6) is -2.06. The average Bonchev–Trinajstić information content (AvgIpc) is 3.29. The van der Waals surface area contributed by atoms with Crippen molar-refractivity contribution in [1.29, 1.82) is 0 Å². The van der Waals surface area contributed by atoms with Crippen LogP contribution < -0.4 is 14.5 Å². The van der Waals surface area contributed by atoms with Gasteiger partial charge in [-0.3, -0.25) is 9.69 Å². The summed E-state index contributed by atoms with van der Waals surface area (Å²) in [5, 5.41) is 10.0. The van der Waals surface area contributed by atoms with Crippen LogP contribution in [0, 0.1) is 0 Å². The van der Waals surface area contributed by atoms with Crippen LogP contribution in [-0.4, -0.2) is 60.7 Å². The van der Waals surface area contributed by atoms with Crippen LogP contribution in [0.5, 0.6) is 11.6 Å². The Balaban J connectivity index is 1.58. The van der Waals surface area contributed by atoms with Gasteiger partial charge in [-0.2, -0.15) is 0 Å². The highest BCUT2D eigenvalue weighted by atomic mass is 19.3. The van der Waals surface area contributed by atoms with E-state index in [0.717, 1.165) is 5.69 Å². The molecule has 9 heteroatoms. The summed E-state index contributed by atoms with van der Waals surface area (Å²) in [4.78, 5) is 20.2. The smallest absolute Gasteiger partial charge is 0.267 e. The van der Waals surface area contributed by atoms with E-state index in [2.05, 4.69) is 4.98 Å². The van der Waals surface area contributed by atoms with Crippen molar-refractivity contribution in [1.82, 2.24) is 9.88 Å². The molecule has 144 valence electrons. The highest BCUT2D eigenvalue weighted by Gasteiger charge is 2.40. The molecule has 0 bridgehead atoms. The first-order valence-corrected chi connectivity index (χ1v) is 8.56. The fourth-order valence-corrected chi connectivity index (χ4v) is 3.39. The van der Waals surface area contributed by atoms with Gasteiger partial charge in [-0.15, -0.1) is 0 Å². The number of halogens is 2. The maximum atomic E-state index is 13.4. The van der Waals surface area contributed by atoms with E-state index in [1.165, 1.54) is 4.90 Å². The van der Waals surface area contributed by atoms with E-state index in [4.69, 9.17) is 4.74 Å². The number of rotatable bonds is 3. The number of carbonyl (C=O) groups is 1. The number of ether oxygens (including phenoxy) is 1. The fraction of sp³-hybridized carbons (Fsp3) is 0.389. The Kier molecular flexibility index (Phi) is 3.90. The summed E-state index contributed by atoms with van der Waals surface area (Å²) < 4.78 is 32.4. The van der Waals surface area contributed by atoms with Gasteiger partial charge in [0.2, 0.25) is 5.88 Å². The first kappa shape index (κ1) is 17.4. The molecule has 7 nitrogen and oxygen atoms in total. The van der Waals surface area contributed by atoms with Gasteiger partial charge in [0.25, 0.3) is 11.8 Å². The molecule has 2 aliphatic rings. The monoisotopic (exact) mass is 378 g/mol. The van der Waals surface area contributed by atoms with E-state index in [0.29, 0.717) is 22.8 Å². The van der Waals surface area contributed by atoms with Gasteiger partial charge < -0.3 is 24.6 Å². The number of aromatic hydroxyl groups is 1. The summed E-state index contributed by atoms with van der Waals surface area (Å²) in [6.07, 6.45) is -0.307. The van der Waals surface area contributed by atoms with Gasteiger partial charge in [-0.25, -0.2) is 8.78 Å². The molecule has 1 aromatic heterocycles. The fourth-order valence-electron chi connectivity index (χ4n) is 3.39. The van der Waals surface area contributed by atoms with Gasteiger partial charge in [0.1, 0.15) is 17.3 Å². The molecule has 2 N–H and O–H groups in total. The second-order valence-corrected chi connectivity index (χ2v) is 7.00. The molecule has 1 amide bonds. The Labute approximate surface area is 154 Å². The SMILES string of the molecule is CN(C)c1cc(N2COc3cc(C(=O)N4CCC(F)(F)C4)ccc32)[nH]c1O. The Morgan fingerprint density at radius 2 is 2.11 bits per heavy atom. The molecule has 1 aromatic carbocycles. The zero-order chi connectivity index (χ0) is 19.3. The molecule has 2 aromatic rings. The van der Waals surface area contributed by atoms with Gasteiger partial charge in [0, 0.05) is 38.7 Å². The number of benzene rings is 1. The molecular weight excluding hydrogens is 358 g/mol. The van der Waals surface area contributed by atoms with Crippen LogP contribution >= 0.6 is 0 Å². The molecular formula is C18H20F2N4O3. The first-order chi connectivity index (χ1) is 12.7. The first-order valence-electron chi connectivity index (χ1n) is 8.56. The number of aromatic nitrogens is 1. The molecule has 0 spiro atoms. The lowest BCUT2D eigenvalue weighted by molar-refractivity contribution is 0.0120. The molecule has 0 aliphatic carbocycles. The van der Waals surface area contributed by atoms with Crippen molar-refractivity contribution in [3.8, 4) is 11.6 Å². The number of amides is 1. The third-order valence-electron chi connectivity index (χ3n) is 4.84. The van der Waals surface area contributed by atoms with Gasteiger partial charge in [-0.1, -0.05) is 0 Å². The minimum atomic E-state index is -2.82. The normalized spacial score (nSPS) is 17.8. The molecule has 1 saturated heterocycles. The Hall–Kier alpha value is -2.97. The van der Waals surface area contributed by atoms with Crippen molar-refractivity contribution in [2.45, 2.75) is 12.3 Å². The molecule has 3 heterocycles. The standard InChI is InChI=1S/C18H20F2N4O3/c1-22(2)13-8-15(21-16(13)25)24-10-27-14-7-11(3-4-12(14)24)17(26)23-6-5-18(19,20)9-23/h3-4,7-8,21,25H,5-6,9-10H2,1-2H3. The number of carbonyl (C=O) groups excluding carboxylic acids is 1. The zero-order valence-electron chi connectivity index (χ0n) is 15.0. The average molecular weight is 378 g/mol. The summed E-state index contributed by atoms with van der Waals surface area (Å²) in [5.41, 5.74) is 1.68. The van der Waals surface area contributed by atoms with Crippen molar-refractivity contribution in [3.63, 3.8) is 0 Å². The lowest BCUT2D eigenvalue weighted by atomic mass is 10.1. The summed E-state index contributed by atoms with van der Waals surface area (Å²) >= 11 is 0. The number of nitrogens with one attached hydrogen (secondary N) is 1. The van der Waals surface area contributed by atoms with Crippen LogP contribution in [0.15, 0.2) is 24.3 Å². The summed E-state index contributed by atoms with van der Waals surface area (Å²) in [7, 11) is 3.64. The lowest BCUT2D eigenvalue weighted by Gasteiger charge is -2.17. The zero-order valence-corrected chi connectivity index (χ0v) is 15.0. The molecule has 1 fully saturated rings. The molecule has 0 radical (unpaired) electrons. The molecule has 2 aliphatic heterocycles. The van der Waals surface area contributed by atoms with E-state index in [9.17, 15) is 18.7 Å². The van der Waals surface area contributed by atoms with Gasteiger partial charge >= 0.3 is 0 Å². The van der Waals surface area contributed by atoms with Crippen molar-refractivity contribution in [2.75, 3.05) is 43.7 Å². The van der Waals surface area contributed by atoms with Gasteiger partial charge in [-0.05, 0) is 18.2 Å². The predicted octanol–water partition coefficient (Wildman–Crippen LogP) is 2.76. The number of nitrogens with zero attached hydrogens (tertiary/aromatic N) is 3. The minimum absolute atomic E-state index is 0.0465. The summed E-state index contributed by atoms with van der Waals surface area (Å²) in [6, 6.07) is 6.69. The second-order valence-electron chi connectivity index (χ2n) is 7.00. The number of likely N-dealkylation sites (tertiary alicyclic amines) is 1. The van der Waals surface area contributed by atoms with Crippen LogP contribution in [0.2, 0.25) is 0 Å². The third kappa shape index (κ3) is 3.02. The second kappa shape index (κ2) is 6.04. The van der Waals surface area contributed by atoms with Crippen molar-refractivity contribution >= 4 is 23.1 Å². The molecule has 0 unspecified atom stereocenters. The number of anilines is 3. The number of fused-ring (bicyclic) bond motifs is 1. The topological polar surface area (TPSA) is 72.0 Å². The van der Waals surface area contributed by atoms with Crippen LogP contribution in [0.25, 0.3) is 0 Å². The third-order valence-corrected chi connectivity index (χ3v) is 4.84. The predicted molar refractivity (Wildman–Crippen MR) is 96.3 cm³/mol. The Bertz CT molecular complexity index is 897. The van der Waals surface area contributed by atoms with Crippen molar-refractivity contribution in [2.24, 2.45) is 0 Å². The van der Waals surface area contributed by atoms with Crippen LogP contribution in [-0.2, 0) is 0 Å². The van der Waals surface area contributed by atoms with E-state index in [1.54, 1.807) is 29.2 Å². The van der Waals surface area contributed by atoms with Crippen molar-refractivity contribution in [3.05, 3.63) is 29.8 Å². The van der Waals surface area contributed by atoms with Crippen LogP contribution in [0.4, 0.5) is 26.0 Å². The minimum Gasteiger partial charge on any atom is -0.493 e. The number of H-pyrrole nitrogens is 1. The van der Waals surface area contributed by atoms with Crippen molar-refractivity contribution < 1.29 is 23.4 Å². The highest BCUT2D eigenvalue weighted by Crippen LogP contribution is 2.42. The Morgan fingerprint density at radius 1 is 1.33 bits per heavy atom. The lowest BCUT2D eigenvalue weighted by Crippen LogP contribution is -2.31. The number of hydrogen-bond donors (Lipinski definition) is 2. The summed E-state index contributed by atoms with van der Waals surface area (Å²) in [6.45, 7) is -0.294. The molecule has 27 heavy (non-hydrogen) atoms.